The molecule has 0 aromatic carbocycles. The van der Waals surface area contributed by atoms with Gasteiger partial charge in [0.2, 0.25) is 0 Å². The number of hydrogen-bond acceptors (Lipinski definition) is 6. The number of aliphatic hydroxyl groups excluding tert-OH is 1. The highest BCUT2D eigenvalue weighted by molar-refractivity contribution is 5.49. The minimum absolute atomic E-state index is 0.0349. The van der Waals surface area contributed by atoms with E-state index in [0.717, 1.165) is 6.29 Å². The highest BCUT2D eigenvalue weighted by Gasteiger charge is 1.92. The molecule has 0 amide bonds. The Morgan fingerprint density at radius 1 is 0.706 bits per heavy atom. The zero-order valence-corrected chi connectivity index (χ0v) is 10.1. The fourth-order valence-corrected chi connectivity index (χ4v) is 0.958. The molecule has 0 unspecified atom stereocenters. The molecule has 0 fully saturated rings. The van der Waals surface area contributed by atoms with E-state index in [1.807, 2.05) is 0 Å². The molecule has 0 spiro atoms. The maximum Gasteiger partial charge on any atom is 0.122 e. The SMILES string of the molecule is O=CCCOCCOCCOCCOCCO. The van der Waals surface area contributed by atoms with Gasteiger partial charge in [-0.2, -0.15) is 0 Å². The second-order valence-electron chi connectivity index (χ2n) is 3.13. The summed E-state index contributed by atoms with van der Waals surface area (Å²) in [6.45, 7) is 3.83. The normalized spacial score (nSPS) is 10.6. The summed E-state index contributed by atoms with van der Waals surface area (Å²) in [5.41, 5.74) is 0. The number of ether oxygens (including phenoxy) is 4. The van der Waals surface area contributed by atoms with Gasteiger partial charge in [-0.05, 0) is 0 Å². The molecule has 0 atom stereocenters. The van der Waals surface area contributed by atoms with E-state index < -0.39 is 0 Å². The lowest BCUT2D eigenvalue weighted by Gasteiger charge is -2.06. The smallest absolute Gasteiger partial charge is 0.122 e. The molecule has 0 heterocycles. The predicted molar refractivity (Wildman–Crippen MR) is 61.0 cm³/mol. The van der Waals surface area contributed by atoms with Crippen molar-refractivity contribution in [2.45, 2.75) is 6.42 Å². The fourth-order valence-electron chi connectivity index (χ4n) is 0.958. The van der Waals surface area contributed by atoms with Crippen LogP contribution in [0.15, 0.2) is 0 Å². The van der Waals surface area contributed by atoms with Gasteiger partial charge in [-0.3, -0.25) is 0 Å². The molecule has 0 bridgehead atoms. The van der Waals surface area contributed by atoms with Gasteiger partial charge in [-0.1, -0.05) is 0 Å². The van der Waals surface area contributed by atoms with Gasteiger partial charge in [-0.25, -0.2) is 0 Å². The molecule has 0 rings (SSSR count). The molecule has 0 aliphatic carbocycles. The quantitative estimate of drug-likeness (QED) is 0.335. The van der Waals surface area contributed by atoms with Crippen molar-refractivity contribution in [3.8, 4) is 0 Å². The van der Waals surface area contributed by atoms with E-state index in [-0.39, 0.29) is 6.61 Å². The zero-order valence-electron chi connectivity index (χ0n) is 10.1. The van der Waals surface area contributed by atoms with Gasteiger partial charge < -0.3 is 28.8 Å². The summed E-state index contributed by atoms with van der Waals surface area (Å²) in [7, 11) is 0. The van der Waals surface area contributed by atoms with E-state index in [4.69, 9.17) is 24.1 Å². The van der Waals surface area contributed by atoms with Crippen molar-refractivity contribution >= 4 is 6.29 Å². The van der Waals surface area contributed by atoms with E-state index in [2.05, 4.69) is 0 Å². The topological polar surface area (TPSA) is 74.2 Å². The van der Waals surface area contributed by atoms with E-state index >= 15 is 0 Å². The lowest BCUT2D eigenvalue weighted by molar-refractivity contribution is -0.108. The standard InChI is InChI=1S/C11H22O6/c12-2-1-4-14-6-8-16-10-11-17-9-7-15-5-3-13/h2,13H,1,3-11H2. The first-order valence-electron chi connectivity index (χ1n) is 5.77. The maximum atomic E-state index is 9.95. The van der Waals surface area contributed by atoms with Gasteiger partial charge >= 0.3 is 0 Å². The summed E-state index contributed by atoms with van der Waals surface area (Å²) in [6.07, 6.45) is 1.25. The molecule has 0 aliphatic rings. The van der Waals surface area contributed by atoms with Crippen LogP contribution in [0, 0.1) is 0 Å². The summed E-state index contributed by atoms with van der Waals surface area (Å²) < 4.78 is 20.5. The van der Waals surface area contributed by atoms with Crippen LogP contribution in [0.1, 0.15) is 6.42 Å². The molecule has 6 heteroatoms. The lowest BCUT2D eigenvalue weighted by atomic mass is 10.5. The Hall–Kier alpha value is -0.530. The van der Waals surface area contributed by atoms with Gasteiger partial charge in [0.1, 0.15) is 6.29 Å². The van der Waals surface area contributed by atoms with E-state index in [1.54, 1.807) is 0 Å². The van der Waals surface area contributed by atoms with Crippen molar-refractivity contribution in [1.29, 1.82) is 0 Å². The Kier molecular flexibility index (Phi) is 15.0. The average molecular weight is 250 g/mol. The van der Waals surface area contributed by atoms with Crippen LogP contribution in [-0.2, 0) is 23.7 Å². The van der Waals surface area contributed by atoms with Gasteiger partial charge in [0, 0.05) is 6.42 Å². The van der Waals surface area contributed by atoms with Crippen LogP contribution in [0.4, 0.5) is 0 Å². The van der Waals surface area contributed by atoms with Crippen LogP contribution in [-0.4, -0.2) is 70.9 Å². The Morgan fingerprint density at radius 2 is 1.12 bits per heavy atom. The highest BCUT2D eigenvalue weighted by Crippen LogP contribution is 1.83. The molecule has 17 heavy (non-hydrogen) atoms. The molecule has 0 radical (unpaired) electrons. The van der Waals surface area contributed by atoms with Crippen LogP contribution < -0.4 is 0 Å². The zero-order chi connectivity index (χ0) is 12.6. The summed E-state index contributed by atoms with van der Waals surface area (Å²) in [5, 5.41) is 8.43. The van der Waals surface area contributed by atoms with Crippen molar-refractivity contribution in [1.82, 2.24) is 0 Å². The second kappa shape index (κ2) is 15.5. The van der Waals surface area contributed by atoms with Crippen molar-refractivity contribution in [3.05, 3.63) is 0 Å². The number of rotatable bonds is 14. The first-order valence-corrected chi connectivity index (χ1v) is 5.77. The minimum Gasteiger partial charge on any atom is -0.394 e. The molecule has 0 aromatic rings. The van der Waals surface area contributed by atoms with Crippen LogP contribution in [0.3, 0.4) is 0 Å². The predicted octanol–water partition coefficient (Wildman–Crippen LogP) is -0.366. The lowest BCUT2D eigenvalue weighted by Crippen LogP contribution is -2.12. The van der Waals surface area contributed by atoms with Crippen molar-refractivity contribution < 1.29 is 28.8 Å². The summed E-state index contributed by atoms with van der Waals surface area (Å²) in [4.78, 5) is 9.95. The highest BCUT2D eigenvalue weighted by atomic mass is 16.6. The fraction of sp³-hybridized carbons (Fsp3) is 0.909. The van der Waals surface area contributed by atoms with Crippen LogP contribution >= 0.6 is 0 Å². The molecule has 102 valence electrons. The van der Waals surface area contributed by atoms with Crippen molar-refractivity contribution in [2.24, 2.45) is 0 Å². The van der Waals surface area contributed by atoms with E-state index in [0.29, 0.717) is 59.3 Å². The van der Waals surface area contributed by atoms with E-state index in [1.165, 1.54) is 0 Å². The average Bonchev–Trinajstić information content (AvgIpc) is 2.35. The van der Waals surface area contributed by atoms with Gasteiger partial charge in [0.25, 0.3) is 0 Å². The number of carbonyl (C=O) groups excluding carboxylic acids is 1. The summed E-state index contributed by atoms with van der Waals surface area (Å²) in [5.74, 6) is 0. The molecule has 0 saturated carbocycles. The van der Waals surface area contributed by atoms with Gasteiger partial charge in [0.15, 0.2) is 0 Å². The number of aldehydes is 1. The monoisotopic (exact) mass is 250 g/mol. The Balaban J connectivity index is 2.87. The Morgan fingerprint density at radius 3 is 1.53 bits per heavy atom. The second-order valence-corrected chi connectivity index (χ2v) is 3.13. The van der Waals surface area contributed by atoms with Gasteiger partial charge in [-0.15, -0.1) is 0 Å². The third kappa shape index (κ3) is 15.5. The molecule has 1 N–H and O–H groups in total. The molecule has 0 aliphatic heterocycles. The number of aliphatic hydroxyl groups is 1. The van der Waals surface area contributed by atoms with Crippen LogP contribution in [0.5, 0.6) is 0 Å². The number of hydrogen-bond donors (Lipinski definition) is 1. The largest absolute Gasteiger partial charge is 0.394 e. The molecular formula is C11H22O6. The molecular weight excluding hydrogens is 228 g/mol. The molecule has 0 aromatic heterocycles. The summed E-state index contributed by atoms with van der Waals surface area (Å²) >= 11 is 0. The Labute approximate surface area is 102 Å². The van der Waals surface area contributed by atoms with Crippen LogP contribution in [0.25, 0.3) is 0 Å². The van der Waals surface area contributed by atoms with E-state index in [9.17, 15) is 4.79 Å². The first kappa shape index (κ1) is 16.5. The third-order valence-electron chi connectivity index (χ3n) is 1.73. The Bertz CT molecular complexity index is 153. The van der Waals surface area contributed by atoms with Gasteiger partial charge in [0.05, 0.1) is 59.5 Å². The summed E-state index contributed by atoms with van der Waals surface area (Å²) in [6, 6.07) is 0. The number of carbonyl (C=O) groups is 1. The first-order chi connectivity index (χ1) is 8.41. The van der Waals surface area contributed by atoms with Crippen molar-refractivity contribution in [2.75, 3.05) is 59.5 Å². The van der Waals surface area contributed by atoms with Crippen molar-refractivity contribution in [3.63, 3.8) is 0 Å². The van der Waals surface area contributed by atoms with Crippen LogP contribution in [0.2, 0.25) is 0 Å². The maximum absolute atomic E-state index is 9.95. The molecule has 0 saturated heterocycles. The third-order valence-corrected chi connectivity index (χ3v) is 1.73. The minimum atomic E-state index is 0.0349. The molecule has 6 nitrogen and oxygen atoms in total.